The molecule has 0 aliphatic rings. The highest BCUT2D eigenvalue weighted by Gasteiger charge is 2.13. The third-order valence-electron chi connectivity index (χ3n) is 4.49. The lowest BCUT2D eigenvalue weighted by molar-refractivity contribution is 1.10. The minimum Gasteiger partial charge on any atom is -0.398 e. The SMILES string of the molecule is CCc1cc(-c2cc(C)c(N)c(CC)c2C)cc(C)c1N. The molecule has 0 aliphatic carbocycles. The highest BCUT2D eigenvalue weighted by molar-refractivity contribution is 5.77. The zero-order chi connectivity index (χ0) is 15.7. The quantitative estimate of drug-likeness (QED) is 0.810. The molecule has 0 spiro atoms. The van der Waals surface area contributed by atoms with Crippen molar-refractivity contribution in [2.45, 2.75) is 47.5 Å². The summed E-state index contributed by atoms with van der Waals surface area (Å²) in [4.78, 5) is 0. The lowest BCUT2D eigenvalue weighted by Crippen LogP contribution is -2.02. The van der Waals surface area contributed by atoms with Crippen molar-refractivity contribution in [3.05, 3.63) is 46.0 Å². The van der Waals surface area contributed by atoms with Crippen LogP contribution in [-0.2, 0) is 12.8 Å². The van der Waals surface area contributed by atoms with Gasteiger partial charge in [0.2, 0.25) is 0 Å². The van der Waals surface area contributed by atoms with Gasteiger partial charge in [-0.05, 0) is 90.8 Å². The first-order valence-corrected chi connectivity index (χ1v) is 7.68. The maximum atomic E-state index is 6.23. The van der Waals surface area contributed by atoms with Gasteiger partial charge in [0.1, 0.15) is 0 Å². The minimum atomic E-state index is 0.918. The molecule has 0 atom stereocenters. The van der Waals surface area contributed by atoms with Gasteiger partial charge in [-0.3, -0.25) is 0 Å². The van der Waals surface area contributed by atoms with Gasteiger partial charge in [-0.1, -0.05) is 13.8 Å². The molecule has 112 valence electrons. The predicted molar refractivity (Wildman–Crippen MR) is 93.7 cm³/mol. The predicted octanol–water partition coefficient (Wildman–Crippen LogP) is 4.57. The van der Waals surface area contributed by atoms with Crippen LogP contribution < -0.4 is 11.5 Å². The third kappa shape index (κ3) is 2.63. The number of nitrogen functional groups attached to an aromatic ring is 2. The number of aryl methyl sites for hydroxylation is 3. The van der Waals surface area contributed by atoms with Gasteiger partial charge in [0.05, 0.1) is 0 Å². The van der Waals surface area contributed by atoms with E-state index in [1.54, 1.807) is 0 Å². The van der Waals surface area contributed by atoms with Gasteiger partial charge < -0.3 is 11.5 Å². The van der Waals surface area contributed by atoms with E-state index >= 15 is 0 Å². The summed E-state index contributed by atoms with van der Waals surface area (Å²) in [5.41, 5.74) is 22.8. The van der Waals surface area contributed by atoms with E-state index in [1.165, 1.54) is 27.8 Å². The molecule has 0 amide bonds. The number of hydrogen-bond donors (Lipinski definition) is 2. The Morgan fingerprint density at radius 2 is 1.43 bits per heavy atom. The second-order valence-corrected chi connectivity index (χ2v) is 5.83. The Labute approximate surface area is 128 Å². The molecule has 0 saturated carbocycles. The highest BCUT2D eigenvalue weighted by atomic mass is 14.6. The van der Waals surface area contributed by atoms with Crippen LogP contribution in [-0.4, -0.2) is 0 Å². The Balaban J connectivity index is 2.73. The summed E-state index contributed by atoms with van der Waals surface area (Å²) in [6.07, 6.45) is 1.91. The molecule has 0 bridgehead atoms. The van der Waals surface area contributed by atoms with Crippen LogP contribution in [0.15, 0.2) is 18.2 Å². The summed E-state index contributed by atoms with van der Waals surface area (Å²) in [5, 5.41) is 0. The molecule has 0 radical (unpaired) electrons. The summed E-state index contributed by atoms with van der Waals surface area (Å²) in [7, 11) is 0. The fourth-order valence-electron chi connectivity index (χ4n) is 3.08. The smallest absolute Gasteiger partial charge is 0.0379 e. The summed E-state index contributed by atoms with van der Waals surface area (Å²) in [5.74, 6) is 0. The van der Waals surface area contributed by atoms with Gasteiger partial charge in [0, 0.05) is 11.4 Å². The van der Waals surface area contributed by atoms with Crippen molar-refractivity contribution in [2.75, 3.05) is 11.5 Å². The van der Waals surface area contributed by atoms with Gasteiger partial charge in [0.25, 0.3) is 0 Å². The van der Waals surface area contributed by atoms with Crippen LogP contribution in [0.2, 0.25) is 0 Å². The molecule has 0 heterocycles. The fraction of sp³-hybridized carbons (Fsp3) is 0.368. The maximum absolute atomic E-state index is 6.23. The van der Waals surface area contributed by atoms with E-state index in [0.29, 0.717) is 0 Å². The van der Waals surface area contributed by atoms with Gasteiger partial charge in [-0.25, -0.2) is 0 Å². The van der Waals surface area contributed by atoms with Crippen molar-refractivity contribution in [2.24, 2.45) is 0 Å². The highest BCUT2D eigenvalue weighted by Crippen LogP contribution is 2.34. The molecule has 0 fully saturated rings. The van der Waals surface area contributed by atoms with Crippen molar-refractivity contribution >= 4 is 11.4 Å². The molecule has 4 N–H and O–H groups in total. The van der Waals surface area contributed by atoms with E-state index < -0.39 is 0 Å². The van der Waals surface area contributed by atoms with E-state index in [9.17, 15) is 0 Å². The zero-order valence-electron chi connectivity index (χ0n) is 13.8. The molecule has 0 aromatic heterocycles. The molecule has 2 aromatic rings. The first kappa shape index (κ1) is 15.4. The van der Waals surface area contributed by atoms with Gasteiger partial charge >= 0.3 is 0 Å². The Kier molecular flexibility index (Phi) is 4.26. The molecule has 0 saturated heterocycles. The van der Waals surface area contributed by atoms with E-state index in [0.717, 1.165) is 35.3 Å². The number of hydrogen-bond acceptors (Lipinski definition) is 2. The first-order chi connectivity index (χ1) is 9.90. The monoisotopic (exact) mass is 282 g/mol. The largest absolute Gasteiger partial charge is 0.398 e. The van der Waals surface area contributed by atoms with E-state index in [2.05, 4.69) is 52.8 Å². The number of anilines is 2. The average Bonchev–Trinajstić information content (AvgIpc) is 2.46. The molecule has 2 nitrogen and oxygen atoms in total. The minimum absolute atomic E-state index is 0.918. The summed E-state index contributed by atoms with van der Waals surface area (Å²) in [6.45, 7) is 10.6. The van der Waals surface area contributed by atoms with Crippen molar-refractivity contribution in [3.63, 3.8) is 0 Å². The van der Waals surface area contributed by atoms with Crippen molar-refractivity contribution < 1.29 is 0 Å². The summed E-state index contributed by atoms with van der Waals surface area (Å²) >= 11 is 0. The van der Waals surface area contributed by atoms with E-state index in [4.69, 9.17) is 11.5 Å². The summed E-state index contributed by atoms with van der Waals surface area (Å²) < 4.78 is 0. The third-order valence-corrected chi connectivity index (χ3v) is 4.49. The Morgan fingerprint density at radius 1 is 0.810 bits per heavy atom. The van der Waals surface area contributed by atoms with Crippen LogP contribution >= 0.6 is 0 Å². The fourth-order valence-corrected chi connectivity index (χ4v) is 3.08. The topological polar surface area (TPSA) is 52.0 Å². The van der Waals surface area contributed by atoms with Gasteiger partial charge in [0.15, 0.2) is 0 Å². The Morgan fingerprint density at radius 3 is 2.00 bits per heavy atom. The Bertz CT molecular complexity index is 685. The maximum Gasteiger partial charge on any atom is 0.0379 e. The van der Waals surface area contributed by atoms with Gasteiger partial charge in [-0.2, -0.15) is 0 Å². The molecule has 2 heteroatoms. The van der Waals surface area contributed by atoms with Crippen LogP contribution in [0.25, 0.3) is 11.1 Å². The van der Waals surface area contributed by atoms with Crippen LogP contribution in [0.3, 0.4) is 0 Å². The molecular formula is C19H26N2. The zero-order valence-corrected chi connectivity index (χ0v) is 13.8. The number of nitrogens with two attached hydrogens (primary N) is 2. The molecular weight excluding hydrogens is 256 g/mol. The lowest BCUT2D eigenvalue weighted by Gasteiger charge is -2.18. The molecule has 21 heavy (non-hydrogen) atoms. The summed E-state index contributed by atoms with van der Waals surface area (Å²) in [6, 6.07) is 6.61. The molecule has 0 aliphatic heterocycles. The Hall–Kier alpha value is -1.96. The van der Waals surface area contributed by atoms with Crippen LogP contribution in [0.4, 0.5) is 11.4 Å². The standard InChI is InChI=1S/C19H26N2/c1-6-14-10-15(8-11(3)18(14)20)17-9-12(4)19(21)16(7-2)13(17)5/h8-10H,6-7,20-21H2,1-5H3. The van der Waals surface area contributed by atoms with Crippen LogP contribution in [0.5, 0.6) is 0 Å². The molecule has 2 aromatic carbocycles. The molecule has 0 unspecified atom stereocenters. The van der Waals surface area contributed by atoms with Crippen LogP contribution in [0, 0.1) is 20.8 Å². The van der Waals surface area contributed by atoms with Crippen molar-refractivity contribution in [3.8, 4) is 11.1 Å². The van der Waals surface area contributed by atoms with Crippen LogP contribution in [0.1, 0.15) is 41.7 Å². The van der Waals surface area contributed by atoms with E-state index in [-0.39, 0.29) is 0 Å². The first-order valence-electron chi connectivity index (χ1n) is 7.68. The normalized spacial score (nSPS) is 10.9. The van der Waals surface area contributed by atoms with Gasteiger partial charge in [-0.15, -0.1) is 0 Å². The van der Waals surface area contributed by atoms with E-state index in [1.807, 2.05) is 0 Å². The number of rotatable bonds is 3. The average molecular weight is 282 g/mol. The second-order valence-electron chi connectivity index (χ2n) is 5.83. The number of benzene rings is 2. The molecule has 2 rings (SSSR count). The van der Waals surface area contributed by atoms with Crippen molar-refractivity contribution in [1.82, 2.24) is 0 Å². The lowest BCUT2D eigenvalue weighted by atomic mass is 9.89. The van der Waals surface area contributed by atoms with Crippen molar-refractivity contribution in [1.29, 1.82) is 0 Å². The second kappa shape index (κ2) is 5.80.